The lowest BCUT2D eigenvalue weighted by molar-refractivity contribution is -0.120. The second-order valence-electron chi connectivity index (χ2n) is 5.30. The summed E-state index contributed by atoms with van der Waals surface area (Å²) in [5, 5.41) is 8.89. The molecule has 0 aromatic rings. The van der Waals surface area contributed by atoms with Crippen LogP contribution < -0.4 is 0 Å². The van der Waals surface area contributed by atoms with Crippen LogP contribution in [0.5, 0.6) is 0 Å². The van der Waals surface area contributed by atoms with Gasteiger partial charge < -0.3 is 5.11 Å². The van der Waals surface area contributed by atoms with Gasteiger partial charge in [0.2, 0.25) is 0 Å². The van der Waals surface area contributed by atoms with E-state index in [1.807, 2.05) is 19.9 Å². The minimum atomic E-state index is 0.138. The predicted octanol–water partition coefficient (Wildman–Crippen LogP) is 3.27. The number of allylic oxidation sites excluding steroid dienone is 3. The summed E-state index contributed by atoms with van der Waals surface area (Å²) in [6, 6.07) is 0. The first kappa shape index (κ1) is 14.2. The van der Waals surface area contributed by atoms with Gasteiger partial charge in [-0.25, -0.2) is 0 Å². The maximum Gasteiger partial charge on any atom is 0.158 e. The molecule has 0 aliphatic heterocycles. The molecule has 0 radical (unpaired) electrons. The van der Waals surface area contributed by atoms with Gasteiger partial charge in [-0.1, -0.05) is 24.1 Å². The molecule has 0 amide bonds. The highest BCUT2D eigenvalue weighted by Crippen LogP contribution is 2.29. The van der Waals surface area contributed by atoms with Gasteiger partial charge in [0.25, 0.3) is 0 Å². The van der Waals surface area contributed by atoms with Crippen molar-refractivity contribution in [3.8, 4) is 0 Å². The van der Waals surface area contributed by atoms with E-state index in [0.717, 1.165) is 31.3 Å². The quantitative estimate of drug-likeness (QED) is 0.744. The van der Waals surface area contributed by atoms with Crippen molar-refractivity contribution in [2.45, 2.75) is 46.5 Å². The molecule has 2 heteroatoms. The second kappa shape index (κ2) is 6.75. The molecule has 0 fully saturated rings. The summed E-state index contributed by atoms with van der Waals surface area (Å²) in [7, 11) is 0. The van der Waals surface area contributed by atoms with Crippen LogP contribution in [0.4, 0.5) is 0 Å². The van der Waals surface area contributed by atoms with E-state index >= 15 is 0 Å². The lowest BCUT2D eigenvalue weighted by atomic mass is 9.79. The monoisotopic (exact) mass is 236 g/mol. The second-order valence-corrected chi connectivity index (χ2v) is 5.30. The first-order valence-corrected chi connectivity index (χ1v) is 6.52. The van der Waals surface area contributed by atoms with E-state index < -0.39 is 0 Å². The fourth-order valence-electron chi connectivity index (χ4n) is 2.37. The van der Waals surface area contributed by atoms with Gasteiger partial charge in [0, 0.05) is 5.92 Å². The Morgan fingerprint density at radius 3 is 2.94 bits per heavy atom. The van der Waals surface area contributed by atoms with Gasteiger partial charge in [-0.2, -0.15) is 0 Å². The summed E-state index contributed by atoms with van der Waals surface area (Å²) in [5.74, 6) is 0.959. The Bertz CT molecular complexity index is 326. The molecule has 1 rings (SSSR count). The highest BCUT2D eigenvalue weighted by Gasteiger charge is 2.25. The number of hydrogen-bond acceptors (Lipinski definition) is 2. The van der Waals surface area contributed by atoms with Crippen molar-refractivity contribution >= 4 is 5.78 Å². The Morgan fingerprint density at radius 1 is 1.65 bits per heavy atom. The number of ketones is 1. The zero-order chi connectivity index (χ0) is 12.8. The average Bonchev–Trinajstić information content (AvgIpc) is 2.28. The molecule has 96 valence electrons. The average molecular weight is 236 g/mol. The van der Waals surface area contributed by atoms with Crippen LogP contribution in [0.25, 0.3) is 0 Å². The van der Waals surface area contributed by atoms with Crippen molar-refractivity contribution in [2.75, 3.05) is 6.61 Å². The molecule has 2 atom stereocenters. The van der Waals surface area contributed by atoms with Crippen LogP contribution in [-0.2, 0) is 4.79 Å². The molecule has 0 saturated carbocycles. The van der Waals surface area contributed by atoms with Gasteiger partial charge in [0.05, 0.1) is 6.61 Å². The molecule has 0 aromatic heterocycles. The molecule has 0 spiro atoms. The molecular formula is C15H24O2. The third-order valence-corrected chi connectivity index (χ3v) is 3.65. The summed E-state index contributed by atoms with van der Waals surface area (Å²) in [4.78, 5) is 11.9. The molecular weight excluding hydrogens is 212 g/mol. The molecule has 17 heavy (non-hydrogen) atoms. The maximum absolute atomic E-state index is 11.9. The summed E-state index contributed by atoms with van der Waals surface area (Å²) < 4.78 is 0. The Hall–Kier alpha value is -0.890. The third-order valence-electron chi connectivity index (χ3n) is 3.65. The van der Waals surface area contributed by atoms with Crippen LogP contribution >= 0.6 is 0 Å². The maximum atomic E-state index is 11.9. The van der Waals surface area contributed by atoms with Crippen molar-refractivity contribution in [2.24, 2.45) is 11.8 Å². The number of aliphatic hydroxyl groups is 1. The van der Waals surface area contributed by atoms with Gasteiger partial charge in [-0.3, -0.25) is 4.79 Å². The van der Waals surface area contributed by atoms with E-state index in [1.165, 1.54) is 5.57 Å². The minimum Gasteiger partial charge on any atom is -0.392 e. The molecule has 2 unspecified atom stereocenters. The van der Waals surface area contributed by atoms with Crippen LogP contribution in [0.3, 0.4) is 0 Å². The van der Waals surface area contributed by atoms with Crippen molar-refractivity contribution in [3.05, 3.63) is 23.3 Å². The van der Waals surface area contributed by atoms with Gasteiger partial charge in [0.15, 0.2) is 5.78 Å². The molecule has 0 saturated heterocycles. The topological polar surface area (TPSA) is 37.3 Å². The number of aliphatic hydroxyl groups excluding tert-OH is 1. The Labute approximate surface area is 104 Å². The molecule has 0 heterocycles. The highest BCUT2D eigenvalue weighted by molar-refractivity contribution is 5.93. The van der Waals surface area contributed by atoms with E-state index in [2.05, 4.69) is 13.0 Å². The summed E-state index contributed by atoms with van der Waals surface area (Å²) in [5.41, 5.74) is 2.23. The van der Waals surface area contributed by atoms with Crippen LogP contribution in [0.2, 0.25) is 0 Å². The SMILES string of the molecule is CC1=CC(=O)C(C(C)CC/C=C(\C)CO)CC1. The molecule has 1 N–H and O–H groups in total. The van der Waals surface area contributed by atoms with Gasteiger partial charge in [-0.15, -0.1) is 0 Å². The molecule has 1 aliphatic carbocycles. The molecule has 0 aromatic carbocycles. The van der Waals surface area contributed by atoms with Crippen LogP contribution in [0, 0.1) is 11.8 Å². The van der Waals surface area contributed by atoms with E-state index in [9.17, 15) is 4.79 Å². The van der Waals surface area contributed by atoms with E-state index in [0.29, 0.717) is 11.7 Å². The molecule has 1 aliphatic rings. The van der Waals surface area contributed by atoms with Gasteiger partial charge in [-0.05, 0) is 51.5 Å². The Kier molecular flexibility index (Phi) is 5.63. The fourth-order valence-corrected chi connectivity index (χ4v) is 2.37. The zero-order valence-corrected chi connectivity index (χ0v) is 11.2. The number of rotatable bonds is 5. The first-order valence-electron chi connectivity index (χ1n) is 6.52. The third kappa shape index (κ3) is 4.47. The van der Waals surface area contributed by atoms with E-state index in [4.69, 9.17) is 5.11 Å². The molecule has 0 bridgehead atoms. The summed E-state index contributed by atoms with van der Waals surface area (Å²) in [6.45, 7) is 6.27. The van der Waals surface area contributed by atoms with E-state index in [-0.39, 0.29) is 12.5 Å². The van der Waals surface area contributed by atoms with Crippen molar-refractivity contribution in [1.82, 2.24) is 0 Å². The smallest absolute Gasteiger partial charge is 0.158 e. The van der Waals surface area contributed by atoms with Gasteiger partial charge in [0.1, 0.15) is 0 Å². The largest absolute Gasteiger partial charge is 0.392 e. The minimum absolute atomic E-state index is 0.138. The van der Waals surface area contributed by atoms with Crippen molar-refractivity contribution < 1.29 is 9.90 Å². The standard InChI is InChI=1S/C15H24O2/c1-11-7-8-14(15(17)9-11)13(3)6-4-5-12(2)10-16/h5,9,13-14,16H,4,6-8,10H2,1-3H3/b12-5+. The lowest BCUT2D eigenvalue weighted by Gasteiger charge is -2.25. The van der Waals surface area contributed by atoms with Crippen LogP contribution in [0.1, 0.15) is 46.5 Å². The van der Waals surface area contributed by atoms with Crippen molar-refractivity contribution in [1.29, 1.82) is 0 Å². The fraction of sp³-hybridized carbons (Fsp3) is 0.667. The van der Waals surface area contributed by atoms with Gasteiger partial charge >= 0.3 is 0 Å². The Morgan fingerprint density at radius 2 is 2.35 bits per heavy atom. The predicted molar refractivity (Wildman–Crippen MR) is 70.7 cm³/mol. The first-order chi connectivity index (χ1) is 8.04. The number of carbonyl (C=O) groups excluding carboxylic acids is 1. The summed E-state index contributed by atoms with van der Waals surface area (Å²) in [6.07, 6.45) is 7.95. The highest BCUT2D eigenvalue weighted by atomic mass is 16.3. The van der Waals surface area contributed by atoms with Crippen LogP contribution in [-0.4, -0.2) is 17.5 Å². The number of hydrogen-bond donors (Lipinski definition) is 1. The van der Waals surface area contributed by atoms with Crippen LogP contribution in [0.15, 0.2) is 23.3 Å². The summed E-state index contributed by atoms with van der Waals surface area (Å²) >= 11 is 0. The zero-order valence-electron chi connectivity index (χ0n) is 11.2. The van der Waals surface area contributed by atoms with E-state index in [1.54, 1.807) is 0 Å². The number of carbonyl (C=O) groups is 1. The lowest BCUT2D eigenvalue weighted by Crippen LogP contribution is -2.23. The normalized spacial score (nSPS) is 23.5. The Balaban J connectivity index is 2.43. The van der Waals surface area contributed by atoms with Crippen molar-refractivity contribution in [3.63, 3.8) is 0 Å². The molecule has 2 nitrogen and oxygen atoms in total.